The molecule has 0 aliphatic heterocycles. The minimum absolute atomic E-state index is 0.498. The summed E-state index contributed by atoms with van der Waals surface area (Å²) in [7, 11) is 0. The van der Waals surface area contributed by atoms with E-state index in [0.717, 1.165) is 25.6 Å². The number of hydrogen-bond acceptors (Lipinski definition) is 1. The van der Waals surface area contributed by atoms with Gasteiger partial charge < -0.3 is 4.74 Å². The van der Waals surface area contributed by atoms with Gasteiger partial charge in [-0.05, 0) is 17.9 Å². The Morgan fingerprint density at radius 1 is 1.07 bits per heavy atom. The van der Waals surface area contributed by atoms with E-state index in [2.05, 4.69) is 51.1 Å². The molecule has 0 saturated carbocycles. The topological polar surface area (TPSA) is 9.23 Å². The van der Waals surface area contributed by atoms with E-state index in [1.807, 2.05) is 0 Å². The summed E-state index contributed by atoms with van der Waals surface area (Å²) < 4.78 is 5.66. The van der Waals surface area contributed by atoms with Crippen LogP contribution in [-0.2, 0) is 4.74 Å². The summed E-state index contributed by atoms with van der Waals surface area (Å²) in [5.41, 5.74) is 1.36. The molecule has 1 heteroatoms. The second-order valence-corrected chi connectivity index (χ2v) is 4.57. The molecule has 0 radical (unpaired) electrons. The maximum atomic E-state index is 5.66. The predicted octanol–water partition coefficient (Wildman–Crippen LogP) is 3.85. The van der Waals surface area contributed by atoms with Crippen LogP contribution in [0.25, 0.3) is 0 Å². The number of rotatable bonds is 6. The van der Waals surface area contributed by atoms with Crippen LogP contribution in [0.1, 0.15) is 38.7 Å². The lowest BCUT2D eigenvalue weighted by Crippen LogP contribution is -2.06. The normalized spacial score (nSPS) is 13.1. The minimum Gasteiger partial charge on any atom is -0.381 e. The first kappa shape index (κ1) is 12.3. The molecule has 0 amide bonds. The Bertz CT molecular complexity index is 253. The molecule has 0 aliphatic carbocycles. The monoisotopic (exact) mass is 206 g/mol. The first-order valence-electron chi connectivity index (χ1n) is 5.83. The Hall–Kier alpha value is -0.820. The van der Waals surface area contributed by atoms with Crippen molar-refractivity contribution in [1.29, 1.82) is 0 Å². The summed E-state index contributed by atoms with van der Waals surface area (Å²) in [6.07, 6.45) is 1.15. The summed E-state index contributed by atoms with van der Waals surface area (Å²) in [5.74, 6) is 1.23. The van der Waals surface area contributed by atoms with Crippen molar-refractivity contribution in [3.05, 3.63) is 35.9 Å². The van der Waals surface area contributed by atoms with Crippen molar-refractivity contribution in [2.24, 2.45) is 5.92 Å². The van der Waals surface area contributed by atoms with Crippen molar-refractivity contribution < 1.29 is 4.74 Å². The Morgan fingerprint density at radius 2 is 1.73 bits per heavy atom. The number of benzene rings is 1. The average molecular weight is 206 g/mol. The van der Waals surface area contributed by atoms with Gasteiger partial charge in [-0.25, -0.2) is 0 Å². The molecule has 0 unspecified atom stereocenters. The third-order valence-corrected chi connectivity index (χ3v) is 2.58. The van der Waals surface area contributed by atoms with Gasteiger partial charge in [0, 0.05) is 12.5 Å². The lowest BCUT2D eigenvalue weighted by atomic mass is 10.0. The van der Waals surface area contributed by atoms with Gasteiger partial charge in [-0.15, -0.1) is 0 Å². The van der Waals surface area contributed by atoms with Crippen LogP contribution in [0.3, 0.4) is 0 Å². The molecular weight excluding hydrogens is 184 g/mol. The quantitative estimate of drug-likeness (QED) is 0.642. The van der Waals surface area contributed by atoms with Gasteiger partial charge in [-0.2, -0.15) is 0 Å². The summed E-state index contributed by atoms with van der Waals surface area (Å²) in [4.78, 5) is 0. The summed E-state index contributed by atoms with van der Waals surface area (Å²) >= 11 is 0. The molecule has 84 valence electrons. The third-order valence-electron chi connectivity index (χ3n) is 2.58. The van der Waals surface area contributed by atoms with Crippen LogP contribution in [0.4, 0.5) is 0 Å². The highest BCUT2D eigenvalue weighted by molar-refractivity contribution is 5.18. The fraction of sp³-hybridized carbons (Fsp3) is 0.571. The number of hydrogen-bond donors (Lipinski definition) is 0. The van der Waals surface area contributed by atoms with Crippen LogP contribution < -0.4 is 0 Å². The van der Waals surface area contributed by atoms with Crippen molar-refractivity contribution in [2.45, 2.75) is 33.1 Å². The third kappa shape index (κ3) is 4.98. The molecule has 0 aromatic heterocycles. The molecule has 1 aromatic rings. The molecular formula is C14H22O. The maximum Gasteiger partial charge on any atom is 0.0532 e. The fourth-order valence-electron chi connectivity index (χ4n) is 1.46. The SMILES string of the molecule is CC(C)CCOC[C@@H](C)c1ccccc1. The Kier molecular flexibility index (Phi) is 5.41. The van der Waals surface area contributed by atoms with Crippen molar-refractivity contribution in [3.8, 4) is 0 Å². The van der Waals surface area contributed by atoms with Crippen LogP contribution in [0.15, 0.2) is 30.3 Å². The number of ether oxygens (including phenoxy) is 1. The first-order valence-corrected chi connectivity index (χ1v) is 5.83. The largest absolute Gasteiger partial charge is 0.381 e. The molecule has 0 saturated heterocycles. The van der Waals surface area contributed by atoms with Gasteiger partial charge in [-0.3, -0.25) is 0 Å². The second-order valence-electron chi connectivity index (χ2n) is 4.57. The molecule has 0 N–H and O–H groups in total. The van der Waals surface area contributed by atoms with Gasteiger partial charge in [0.15, 0.2) is 0 Å². The van der Waals surface area contributed by atoms with Crippen molar-refractivity contribution in [3.63, 3.8) is 0 Å². The smallest absolute Gasteiger partial charge is 0.0532 e. The zero-order chi connectivity index (χ0) is 11.1. The Labute approximate surface area is 93.5 Å². The lowest BCUT2D eigenvalue weighted by molar-refractivity contribution is 0.113. The molecule has 1 nitrogen and oxygen atoms in total. The van der Waals surface area contributed by atoms with Crippen LogP contribution in [0.2, 0.25) is 0 Å². The Balaban J connectivity index is 2.22. The highest BCUT2D eigenvalue weighted by Crippen LogP contribution is 2.14. The van der Waals surface area contributed by atoms with E-state index in [4.69, 9.17) is 4.74 Å². The summed E-state index contributed by atoms with van der Waals surface area (Å²) in [6.45, 7) is 8.38. The van der Waals surface area contributed by atoms with Gasteiger partial charge >= 0.3 is 0 Å². The predicted molar refractivity (Wildman–Crippen MR) is 65.1 cm³/mol. The van der Waals surface area contributed by atoms with Crippen LogP contribution in [-0.4, -0.2) is 13.2 Å². The molecule has 0 heterocycles. The van der Waals surface area contributed by atoms with E-state index in [0.29, 0.717) is 5.92 Å². The molecule has 0 fully saturated rings. The van der Waals surface area contributed by atoms with E-state index in [1.165, 1.54) is 5.56 Å². The van der Waals surface area contributed by atoms with E-state index in [-0.39, 0.29) is 0 Å². The van der Waals surface area contributed by atoms with Crippen LogP contribution in [0, 0.1) is 5.92 Å². The van der Waals surface area contributed by atoms with Crippen LogP contribution in [0.5, 0.6) is 0 Å². The molecule has 1 rings (SSSR count). The van der Waals surface area contributed by atoms with Gasteiger partial charge in [0.1, 0.15) is 0 Å². The zero-order valence-corrected chi connectivity index (χ0v) is 10.1. The van der Waals surface area contributed by atoms with Gasteiger partial charge in [0.2, 0.25) is 0 Å². The molecule has 0 bridgehead atoms. The van der Waals surface area contributed by atoms with E-state index in [1.54, 1.807) is 0 Å². The highest BCUT2D eigenvalue weighted by Gasteiger charge is 2.04. The molecule has 0 aliphatic rings. The van der Waals surface area contributed by atoms with Gasteiger partial charge in [-0.1, -0.05) is 51.1 Å². The second kappa shape index (κ2) is 6.62. The zero-order valence-electron chi connectivity index (χ0n) is 10.1. The first-order chi connectivity index (χ1) is 7.20. The minimum atomic E-state index is 0.498. The highest BCUT2D eigenvalue weighted by atomic mass is 16.5. The van der Waals surface area contributed by atoms with Crippen LogP contribution >= 0.6 is 0 Å². The summed E-state index contributed by atoms with van der Waals surface area (Å²) in [5, 5.41) is 0. The standard InChI is InChI=1S/C14H22O/c1-12(2)9-10-15-11-13(3)14-7-5-4-6-8-14/h4-8,12-13H,9-11H2,1-3H3/t13-/m1/s1. The maximum absolute atomic E-state index is 5.66. The fourth-order valence-corrected chi connectivity index (χ4v) is 1.46. The van der Waals surface area contributed by atoms with Crippen molar-refractivity contribution in [1.82, 2.24) is 0 Å². The average Bonchev–Trinajstić information content (AvgIpc) is 2.25. The van der Waals surface area contributed by atoms with E-state index >= 15 is 0 Å². The Morgan fingerprint density at radius 3 is 2.33 bits per heavy atom. The molecule has 0 spiro atoms. The van der Waals surface area contributed by atoms with Crippen molar-refractivity contribution >= 4 is 0 Å². The van der Waals surface area contributed by atoms with E-state index in [9.17, 15) is 0 Å². The van der Waals surface area contributed by atoms with Gasteiger partial charge in [0.05, 0.1) is 6.61 Å². The lowest BCUT2D eigenvalue weighted by Gasteiger charge is -2.13. The van der Waals surface area contributed by atoms with Crippen molar-refractivity contribution in [2.75, 3.05) is 13.2 Å². The molecule has 1 atom stereocenters. The molecule has 1 aromatic carbocycles. The van der Waals surface area contributed by atoms with E-state index < -0.39 is 0 Å². The summed E-state index contributed by atoms with van der Waals surface area (Å²) in [6, 6.07) is 10.5. The van der Waals surface area contributed by atoms with Gasteiger partial charge in [0.25, 0.3) is 0 Å². The molecule has 15 heavy (non-hydrogen) atoms.